The maximum atomic E-state index is 12.9. The molecule has 0 spiro atoms. The van der Waals surface area contributed by atoms with Gasteiger partial charge in [0, 0.05) is 0 Å². The van der Waals surface area contributed by atoms with Gasteiger partial charge in [0.05, 0.1) is 10.7 Å². The number of amides is 1. The quantitative estimate of drug-likeness (QED) is 0.820. The minimum absolute atomic E-state index is 0.0472. The second-order valence-corrected chi connectivity index (χ2v) is 4.42. The molecular formula is C11H11ClFNO3. The predicted octanol–water partition coefficient (Wildman–Crippen LogP) is 2.53. The minimum atomic E-state index is -1.62. The summed E-state index contributed by atoms with van der Waals surface area (Å²) in [6, 6.07) is 3.44. The van der Waals surface area contributed by atoms with Crippen molar-refractivity contribution in [3.8, 4) is 0 Å². The topological polar surface area (TPSA) is 66.4 Å². The number of rotatable bonds is 3. The predicted molar refractivity (Wildman–Crippen MR) is 61.5 cm³/mol. The number of carbonyl (C=O) groups excluding carboxylic acids is 1. The van der Waals surface area contributed by atoms with Crippen LogP contribution in [0.25, 0.3) is 0 Å². The number of anilines is 1. The summed E-state index contributed by atoms with van der Waals surface area (Å²) in [5.74, 6) is -2.61. The standard InChI is InChI=1S/C11H11ClFNO3/c1-11(2,10(16)17)9(15)14-8-5-6(13)3-4-7(8)12/h3-5H,1-2H3,(H,14,15)(H,16,17). The molecule has 1 rings (SSSR count). The van der Waals surface area contributed by atoms with Gasteiger partial charge in [0.2, 0.25) is 5.91 Å². The highest BCUT2D eigenvalue weighted by Gasteiger charge is 2.36. The SMILES string of the molecule is CC(C)(C(=O)O)C(=O)Nc1cc(F)ccc1Cl. The number of halogens is 2. The zero-order chi connectivity index (χ0) is 13.2. The molecule has 0 unspecified atom stereocenters. The summed E-state index contributed by atoms with van der Waals surface area (Å²) in [6.45, 7) is 2.50. The van der Waals surface area contributed by atoms with Crippen molar-refractivity contribution in [2.45, 2.75) is 13.8 Å². The number of benzene rings is 1. The molecule has 0 fully saturated rings. The molecule has 0 aliphatic rings. The van der Waals surface area contributed by atoms with Crippen LogP contribution in [0, 0.1) is 11.2 Å². The molecule has 0 saturated carbocycles. The molecule has 92 valence electrons. The molecule has 1 aromatic rings. The van der Waals surface area contributed by atoms with Gasteiger partial charge in [-0.1, -0.05) is 11.6 Å². The summed E-state index contributed by atoms with van der Waals surface area (Å²) in [5, 5.41) is 11.3. The normalized spacial score (nSPS) is 11.1. The molecule has 1 amide bonds. The molecule has 0 heterocycles. The molecule has 0 aromatic heterocycles. The zero-order valence-corrected chi connectivity index (χ0v) is 10.0. The van der Waals surface area contributed by atoms with Crippen LogP contribution in [0.15, 0.2) is 18.2 Å². The maximum absolute atomic E-state index is 12.9. The molecule has 0 bridgehead atoms. The summed E-state index contributed by atoms with van der Waals surface area (Å²) in [7, 11) is 0. The Bertz CT molecular complexity index is 474. The van der Waals surface area contributed by atoms with Gasteiger partial charge in [-0.05, 0) is 32.0 Å². The summed E-state index contributed by atoms with van der Waals surface area (Å²) < 4.78 is 12.9. The van der Waals surface area contributed by atoms with E-state index in [1.807, 2.05) is 0 Å². The van der Waals surface area contributed by atoms with Crippen molar-refractivity contribution in [1.82, 2.24) is 0 Å². The van der Waals surface area contributed by atoms with Crippen LogP contribution in [-0.2, 0) is 9.59 Å². The first-order chi connectivity index (χ1) is 7.75. The highest BCUT2D eigenvalue weighted by molar-refractivity contribution is 6.33. The molecule has 0 radical (unpaired) electrons. The summed E-state index contributed by atoms with van der Waals surface area (Å²) >= 11 is 5.74. The average Bonchev–Trinajstić information content (AvgIpc) is 2.23. The lowest BCUT2D eigenvalue weighted by Gasteiger charge is -2.18. The molecule has 4 nitrogen and oxygen atoms in total. The molecule has 17 heavy (non-hydrogen) atoms. The van der Waals surface area contributed by atoms with Crippen LogP contribution in [0.1, 0.15) is 13.8 Å². The molecule has 0 aliphatic heterocycles. The van der Waals surface area contributed by atoms with E-state index in [1.54, 1.807) is 0 Å². The summed E-state index contributed by atoms with van der Waals surface area (Å²) in [5.41, 5.74) is -1.57. The van der Waals surface area contributed by atoms with Crippen LogP contribution >= 0.6 is 11.6 Å². The molecule has 0 atom stereocenters. The third kappa shape index (κ3) is 2.94. The van der Waals surface area contributed by atoms with E-state index >= 15 is 0 Å². The van der Waals surface area contributed by atoms with Crippen molar-refractivity contribution in [2.75, 3.05) is 5.32 Å². The highest BCUT2D eigenvalue weighted by Crippen LogP contribution is 2.25. The fourth-order valence-electron chi connectivity index (χ4n) is 0.969. The van der Waals surface area contributed by atoms with E-state index < -0.39 is 23.1 Å². The van der Waals surface area contributed by atoms with E-state index in [0.29, 0.717) is 0 Å². The van der Waals surface area contributed by atoms with Gasteiger partial charge in [-0.25, -0.2) is 4.39 Å². The largest absolute Gasteiger partial charge is 0.480 e. The van der Waals surface area contributed by atoms with Gasteiger partial charge in [0.25, 0.3) is 0 Å². The molecule has 1 aromatic carbocycles. The van der Waals surface area contributed by atoms with Crippen LogP contribution in [-0.4, -0.2) is 17.0 Å². The lowest BCUT2D eigenvalue weighted by Crippen LogP contribution is -2.37. The molecule has 0 saturated heterocycles. The number of carboxylic acid groups (broad SMARTS) is 1. The van der Waals surface area contributed by atoms with Crippen molar-refractivity contribution in [2.24, 2.45) is 5.41 Å². The second kappa shape index (κ2) is 4.71. The zero-order valence-electron chi connectivity index (χ0n) is 9.25. The van der Waals surface area contributed by atoms with Crippen molar-refractivity contribution in [1.29, 1.82) is 0 Å². The fraction of sp³-hybridized carbons (Fsp3) is 0.273. The number of carboxylic acids is 1. The first-order valence-electron chi connectivity index (χ1n) is 4.75. The van der Waals surface area contributed by atoms with Gasteiger partial charge in [-0.15, -0.1) is 0 Å². The van der Waals surface area contributed by atoms with E-state index in [9.17, 15) is 14.0 Å². The fourth-order valence-corrected chi connectivity index (χ4v) is 1.13. The van der Waals surface area contributed by atoms with Crippen LogP contribution in [0.5, 0.6) is 0 Å². The monoisotopic (exact) mass is 259 g/mol. The Kier molecular flexibility index (Phi) is 3.72. The van der Waals surface area contributed by atoms with E-state index in [4.69, 9.17) is 16.7 Å². The number of carbonyl (C=O) groups is 2. The smallest absolute Gasteiger partial charge is 0.318 e. The molecule has 2 N–H and O–H groups in total. The Labute approximate surface area is 102 Å². The van der Waals surface area contributed by atoms with Crippen molar-refractivity contribution >= 4 is 29.2 Å². The Morgan fingerprint density at radius 2 is 2.00 bits per heavy atom. The number of hydrogen-bond donors (Lipinski definition) is 2. The van der Waals surface area contributed by atoms with Gasteiger partial charge in [-0.3, -0.25) is 9.59 Å². The van der Waals surface area contributed by atoms with Crippen molar-refractivity contribution < 1.29 is 19.1 Å². The maximum Gasteiger partial charge on any atom is 0.318 e. The first kappa shape index (κ1) is 13.4. The minimum Gasteiger partial charge on any atom is -0.480 e. The summed E-state index contributed by atoms with van der Waals surface area (Å²) in [4.78, 5) is 22.5. The van der Waals surface area contributed by atoms with Crippen LogP contribution in [0.3, 0.4) is 0 Å². The van der Waals surface area contributed by atoms with E-state index in [-0.39, 0.29) is 10.7 Å². The van der Waals surface area contributed by atoms with E-state index in [1.165, 1.54) is 19.9 Å². The van der Waals surface area contributed by atoms with Crippen molar-refractivity contribution in [3.05, 3.63) is 29.0 Å². The lowest BCUT2D eigenvalue weighted by molar-refractivity contribution is -0.151. The van der Waals surface area contributed by atoms with Gasteiger partial charge < -0.3 is 10.4 Å². The van der Waals surface area contributed by atoms with Gasteiger partial charge in [0.15, 0.2) is 0 Å². The van der Waals surface area contributed by atoms with E-state index in [0.717, 1.165) is 12.1 Å². The van der Waals surface area contributed by atoms with Gasteiger partial charge in [0.1, 0.15) is 11.2 Å². The van der Waals surface area contributed by atoms with Crippen LogP contribution < -0.4 is 5.32 Å². The lowest BCUT2D eigenvalue weighted by atomic mass is 9.92. The Hall–Kier alpha value is -1.62. The second-order valence-electron chi connectivity index (χ2n) is 4.01. The third-order valence-electron chi connectivity index (χ3n) is 2.28. The molecule has 0 aliphatic carbocycles. The number of hydrogen-bond acceptors (Lipinski definition) is 2. The van der Waals surface area contributed by atoms with Crippen LogP contribution in [0.2, 0.25) is 5.02 Å². The average molecular weight is 260 g/mol. The highest BCUT2D eigenvalue weighted by atomic mass is 35.5. The van der Waals surface area contributed by atoms with Gasteiger partial charge >= 0.3 is 5.97 Å². The molecular weight excluding hydrogens is 249 g/mol. The van der Waals surface area contributed by atoms with E-state index in [2.05, 4.69) is 5.32 Å². The Morgan fingerprint density at radius 3 is 2.53 bits per heavy atom. The number of nitrogens with one attached hydrogen (secondary N) is 1. The number of aliphatic carboxylic acids is 1. The van der Waals surface area contributed by atoms with Gasteiger partial charge in [-0.2, -0.15) is 0 Å². The third-order valence-corrected chi connectivity index (χ3v) is 2.61. The molecule has 6 heteroatoms. The summed E-state index contributed by atoms with van der Waals surface area (Å²) in [6.07, 6.45) is 0. The Morgan fingerprint density at radius 1 is 1.41 bits per heavy atom. The Balaban J connectivity index is 2.96. The van der Waals surface area contributed by atoms with Crippen molar-refractivity contribution in [3.63, 3.8) is 0 Å². The first-order valence-corrected chi connectivity index (χ1v) is 5.13. The van der Waals surface area contributed by atoms with Crippen LogP contribution in [0.4, 0.5) is 10.1 Å².